The van der Waals surface area contributed by atoms with Gasteiger partial charge in [-0.2, -0.15) is 5.26 Å². The molecule has 0 N–H and O–H groups in total. The molecule has 0 heterocycles. The van der Waals surface area contributed by atoms with E-state index in [1.54, 1.807) is 18.7 Å². The molecule has 0 rings (SSSR count). The number of esters is 1. The monoisotopic (exact) mass is 215 g/mol. The molecule has 4 heteroatoms. The Kier molecular flexibility index (Phi) is 6.39. The maximum Gasteiger partial charge on any atom is 0.321 e. The van der Waals surface area contributed by atoms with Crippen LogP contribution in [0.5, 0.6) is 0 Å². The number of hydrogen-bond acceptors (Lipinski definition) is 4. The molecule has 0 amide bonds. The first-order chi connectivity index (χ1) is 6.54. The van der Waals surface area contributed by atoms with E-state index in [9.17, 15) is 4.79 Å². The number of unbranched alkanes of at least 4 members (excludes halogenated alkanes) is 1. The molecule has 0 fully saturated rings. The Hall–Kier alpha value is -0.690. The molecule has 14 heavy (non-hydrogen) atoms. The zero-order valence-corrected chi connectivity index (χ0v) is 9.82. The van der Waals surface area contributed by atoms with Gasteiger partial charge in [-0.25, -0.2) is 0 Å². The van der Waals surface area contributed by atoms with Crippen molar-refractivity contribution in [2.24, 2.45) is 0 Å². The highest BCUT2D eigenvalue weighted by Gasteiger charge is 2.29. The van der Waals surface area contributed by atoms with E-state index >= 15 is 0 Å². The Balaban J connectivity index is 3.83. The molecule has 0 bridgehead atoms. The number of hydrogen-bond donors (Lipinski definition) is 0. The Morgan fingerprint density at radius 3 is 2.71 bits per heavy atom. The summed E-state index contributed by atoms with van der Waals surface area (Å²) < 4.78 is 4.44. The molecule has 0 aliphatic heterocycles. The molecular weight excluding hydrogens is 198 g/mol. The number of thioether (sulfide) groups is 1. The molecule has 0 spiro atoms. The second-order valence-corrected chi connectivity index (χ2v) is 5.06. The average molecular weight is 215 g/mol. The third-order valence-electron chi connectivity index (χ3n) is 1.66. The zero-order chi connectivity index (χ0) is 11.0. The molecule has 0 aromatic rings. The van der Waals surface area contributed by atoms with Crippen LogP contribution >= 0.6 is 11.8 Å². The van der Waals surface area contributed by atoms with E-state index in [1.165, 1.54) is 0 Å². The maximum absolute atomic E-state index is 11.4. The number of carbonyl (C=O) groups is 1. The normalized spacial score (nSPS) is 10.7. The van der Waals surface area contributed by atoms with Gasteiger partial charge in [-0.3, -0.25) is 4.79 Å². The van der Waals surface area contributed by atoms with E-state index in [1.807, 2.05) is 13.8 Å². The molecule has 0 aliphatic rings. The summed E-state index contributed by atoms with van der Waals surface area (Å²) in [4.78, 5) is 11.4. The molecule has 80 valence electrons. The molecule has 0 radical (unpaired) electrons. The number of carbonyl (C=O) groups excluding carboxylic acids is 1. The zero-order valence-electron chi connectivity index (χ0n) is 9.00. The lowest BCUT2D eigenvalue weighted by atomic mass is 10.2. The molecule has 3 nitrogen and oxygen atoms in total. The van der Waals surface area contributed by atoms with Crippen LogP contribution in [0.15, 0.2) is 0 Å². The van der Waals surface area contributed by atoms with Crippen molar-refractivity contribution in [2.45, 2.75) is 38.4 Å². The van der Waals surface area contributed by atoms with Crippen LogP contribution in [0, 0.1) is 11.3 Å². The molecule has 0 unspecified atom stereocenters. The first kappa shape index (κ1) is 13.3. The third kappa shape index (κ3) is 5.13. The number of nitriles is 1. The van der Waals surface area contributed by atoms with Crippen molar-refractivity contribution in [1.82, 2.24) is 0 Å². The third-order valence-corrected chi connectivity index (χ3v) is 3.04. The summed E-state index contributed by atoms with van der Waals surface area (Å²) in [7, 11) is 0. The minimum atomic E-state index is -0.495. The molecular formula is C10H17NO2S. The summed E-state index contributed by atoms with van der Waals surface area (Å²) in [5, 5.41) is 8.34. The summed E-state index contributed by atoms with van der Waals surface area (Å²) in [6.07, 6.45) is 1.37. The van der Waals surface area contributed by atoms with Gasteiger partial charge >= 0.3 is 5.97 Å². The highest BCUT2D eigenvalue weighted by atomic mass is 32.2. The van der Waals surface area contributed by atoms with Crippen LogP contribution in [-0.4, -0.2) is 23.1 Å². The fourth-order valence-electron chi connectivity index (χ4n) is 0.842. The standard InChI is InChI=1S/C10H17NO2S/c1-4-13-9(12)10(2,3)14-8-6-5-7-11/h4-6,8H2,1-3H3. The van der Waals surface area contributed by atoms with Crippen LogP contribution in [0.2, 0.25) is 0 Å². The Morgan fingerprint density at radius 1 is 1.57 bits per heavy atom. The fraction of sp³-hybridized carbons (Fsp3) is 0.800. The highest BCUT2D eigenvalue weighted by Crippen LogP contribution is 2.26. The van der Waals surface area contributed by atoms with Gasteiger partial charge in [-0.1, -0.05) is 0 Å². The first-order valence-corrected chi connectivity index (χ1v) is 5.71. The summed E-state index contributed by atoms with van der Waals surface area (Å²) in [6, 6.07) is 2.08. The number of ether oxygens (including phenoxy) is 1. The van der Waals surface area contributed by atoms with E-state index < -0.39 is 4.75 Å². The van der Waals surface area contributed by atoms with Crippen molar-refractivity contribution in [3.8, 4) is 6.07 Å². The van der Waals surface area contributed by atoms with Crippen molar-refractivity contribution in [1.29, 1.82) is 5.26 Å². The van der Waals surface area contributed by atoms with Crippen molar-refractivity contribution >= 4 is 17.7 Å². The second-order valence-electron chi connectivity index (χ2n) is 3.34. The minimum Gasteiger partial charge on any atom is -0.465 e. The Bertz CT molecular complexity index is 221. The van der Waals surface area contributed by atoms with Gasteiger partial charge in [0.2, 0.25) is 0 Å². The maximum atomic E-state index is 11.4. The fourth-order valence-corrected chi connectivity index (χ4v) is 1.82. The SMILES string of the molecule is CCOC(=O)C(C)(C)SCCCC#N. The van der Waals surface area contributed by atoms with E-state index in [2.05, 4.69) is 6.07 Å². The molecule has 0 atom stereocenters. The largest absolute Gasteiger partial charge is 0.465 e. The van der Waals surface area contributed by atoms with Crippen LogP contribution in [0.3, 0.4) is 0 Å². The summed E-state index contributed by atoms with van der Waals surface area (Å²) >= 11 is 1.54. The molecule has 0 aromatic heterocycles. The van der Waals surface area contributed by atoms with Crippen molar-refractivity contribution in [3.63, 3.8) is 0 Å². The van der Waals surface area contributed by atoms with Gasteiger partial charge in [0.05, 0.1) is 12.7 Å². The van der Waals surface area contributed by atoms with Crippen molar-refractivity contribution in [2.75, 3.05) is 12.4 Å². The lowest BCUT2D eigenvalue weighted by molar-refractivity contribution is -0.145. The molecule has 0 saturated carbocycles. The summed E-state index contributed by atoms with van der Waals surface area (Å²) in [5.74, 6) is 0.640. The van der Waals surface area contributed by atoms with Gasteiger partial charge in [0.1, 0.15) is 4.75 Å². The van der Waals surface area contributed by atoms with Gasteiger partial charge in [0, 0.05) is 6.42 Å². The smallest absolute Gasteiger partial charge is 0.321 e. The van der Waals surface area contributed by atoms with Crippen LogP contribution in [0.1, 0.15) is 33.6 Å². The predicted octanol–water partition coefficient (Wildman–Crippen LogP) is 2.37. The minimum absolute atomic E-state index is 0.179. The summed E-state index contributed by atoms with van der Waals surface area (Å²) in [5.41, 5.74) is 0. The van der Waals surface area contributed by atoms with Gasteiger partial charge in [-0.05, 0) is 32.9 Å². The van der Waals surface area contributed by atoms with Crippen LogP contribution in [-0.2, 0) is 9.53 Å². The van der Waals surface area contributed by atoms with Gasteiger partial charge in [0.15, 0.2) is 0 Å². The molecule has 0 aromatic carbocycles. The number of nitrogens with zero attached hydrogens (tertiary/aromatic N) is 1. The van der Waals surface area contributed by atoms with Crippen LogP contribution < -0.4 is 0 Å². The quantitative estimate of drug-likeness (QED) is 0.504. The van der Waals surface area contributed by atoms with E-state index in [0.29, 0.717) is 13.0 Å². The van der Waals surface area contributed by atoms with Gasteiger partial charge in [-0.15, -0.1) is 11.8 Å². The highest BCUT2D eigenvalue weighted by molar-refractivity contribution is 8.01. The van der Waals surface area contributed by atoms with E-state index in [0.717, 1.165) is 12.2 Å². The number of rotatable bonds is 6. The van der Waals surface area contributed by atoms with Crippen LogP contribution in [0.25, 0.3) is 0 Å². The first-order valence-electron chi connectivity index (χ1n) is 4.72. The topological polar surface area (TPSA) is 50.1 Å². The van der Waals surface area contributed by atoms with Crippen molar-refractivity contribution in [3.05, 3.63) is 0 Å². The van der Waals surface area contributed by atoms with Crippen molar-refractivity contribution < 1.29 is 9.53 Å². The second kappa shape index (κ2) is 6.72. The lowest BCUT2D eigenvalue weighted by Crippen LogP contribution is -2.30. The van der Waals surface area contributed by atoms with E-state index in [-0.39, 0.29) is 5.97 Å². The summed E-state index contributed by atoms with van der Waals surface area (Å²) in [6.45, 7) is 5.92. The average Bonchev–Trinajstić information content (AvgIpc) is 2.13. The van der Waals surface area contributed by atoms with E-state index in [4.69, 9.17) is 10.00 Å². The van der Waals surface area contributed by atoms with Gasteiger partial charge in [0.25, 0.3) is 0 Å². The molecule has 0 aliphatic carbocycles. The van der Waals surface area contributed by atoms with Crippen LogP contribution in [0.4, 0.5) is 0 Å². The molecule has 0 saturated heterocycles. The predicted molar refractivity (Wildman–Crippen MR) is 58.0 cm³/mol. The Labute approximate surface area is 89.8 Å². The Morgan fingerprint density at radius 2 is 2.21 bits per heavy atom. The lowest BCUT2D eigenvalue weighted by Gasteiger charge is -2.21. The van der Waals surface area contributed by atoms with Gasteiger partial charge < -0.3 is 4.74 Å².